The summed E-state index contributed by atoms with van der Waals surface area (Å²) >= 11 is 9.88. The fourth-order valence-electron chi connectivity index (χ4n) is 2.12. The normalized spacial score (nSPS) is 22.2. The second kappa shape index (κ2) is 6.07. The number of hydrogen-bond acceptors (Lipinski definition) is 2. The lowest BCUT2D eigenvalue weighted by Crippen LogP contribution is -2.20. The van der Waals surface area contributed by atoms with Gasteiger partial charge in [-0.25, -0.2) is 0 Å². The Morgan fingerprint density at radius 2 is 2.35 bits per heavy atom. The zero-order chi connectivity index (χ0) is 12.3. The van der Waals surface area contributed by atoms with E-state index in [-0.39, 0.29) is 0 Å². The van der Waals surface area contributed by atoms with Crippen LogP contribution >= 0.6 is 27.5 Å². The smallest absolute Gasteiger partial charge is 0.137 e. The maximum Gasteiger partial charge on any atom is 0.137 e. The largest absolute Gasteiger partial charge is 0.495 e. The van der Waals surface area contributed by atoms with E-state index in [0.29, 0.717) is 15.8 Å². The first-order chi connectivity index (χ1) is 8.22. The third-order valence-electron chi connectivity index (χ3n) is 3.10. The van der Waals surface area contributed by atoms with Gasteiger partial charge in [0.25, 0.3) is 0 Å². The van der Waals surface area contributed by atoms with Crippen molar-refractivity contribution in [2.75, 3.05) is 20.3 Å². The highest BCUT2D eigenvalue weighted by atomic mass is 79.9. The van der Waals surface area contributed by atoms with Gasteiger partial charge in [-0.1, -0.05) is 33.6 Å². The summed E-state index contributed by atoms with van der Waals surface area (Å²) in [5.74, 6) is 1.24. The van der Waals surface area contributed by atoms with E-state index in [1.807, 2.05) is 12.1 Å². The van der Waals surface area contributed by atoms with Gasteiger partial charge in [0.1, 0.15) is 5.75 Å². The fraction of sp³-hybridized carbons (Fsp3) is 0.538. The third kappa shape index (κ3) is 3.15. The van der Waals surface area contributed by atoms with Gasteiger partial charge < -0.3 is 9.47 Å². The highest BCUT2D eigenvalue weighted by Crippen LogP contribution is 2.38. The summed E-state index contributed by atoms with van der Waals surface area (Å²) < 4.78 is 10.7. The quantitative estimate of drug-likeness (QED) is 0.777. The molecule has 17 heavy (non-hydrogen) atoms. The number of halogens is 2. The van der Waals surface area contributed by atoms with Crippen LogP contribution in [0.3, 0.4) is 0 Å². The molecule has 2 nitrogen and oxygen atoms in total. The minimum Gasteiger partial charge on any atom is -0.495 e. The Kier molecular flexibility index (Phi) is 4.71. The van der Waals surface area contributed by atoms with Crippen LogP contribution in [-0.2, 0) is 4.74 Å². The van der Waals surface area contributed by atoms with Gasteiger partial charge in [0.05, 0.1) is 18.7 Å². The Hall–Kier alpha value is -0.250. The van der Waals surface area contributed by atoms with Crippen molar-refractivity contribution in [1.29, 1.82) is 0 Å². The van der Waals surface area contributed by atoms with Gasteiger partial charge in [0.2, 0.25) is 0 Å². The second-order valence-corrected chi connectivity index (χ2v) is 5.67. The summed E-state index contributed by atoms with van der Waals surface area (Å²) in [6.07, 6.45) is 2.33. The van der Waals surface area contributed by atoms with Crippen LogP contribution in [0.1, 0.15) is 23.2 Å². The van der Waals surface area contributed by atoms with Crippen molar-refractivity contribution in [1.82, 2.24) is 0 Å². The van der Waals surface area contributed by atoms with E-state index in [0.717, 1.165) is 25.4 Å². The average molecular weight is 320 g/mol. The Morgan fingerprint density at radius 3 is 2.94 bits per heavy atom. The maximum absolute atomic E-state index is 6.14. The highest BCUT2D eigenvalue weighted by molar-refractivity contribution is 9.09. The van der Waals surface area contributed by atoms with Crippen LogP contribution in [0.2, 0.25) is 5.02 Å². The highest BCUT2D eigenvalue weighted by Gasteiger charge is 2.23. The molecule has 94 valence electrons. The van der Waals surface area contributed by atoms with Crippen molar-refractivity contribution < 1.29 is 9.47 Å². The lowest BCUT2D eigenvalue weighted by Gasteiger charge is -2.27. The Labute approximate surface area is 115 Å². The summed E-state index contributed by atoms with van der Waals surface area (Å²) in [6.45, 7) is 1.71. The predicted molar refractivity (Wildman–Crippen MR) is 73.2 cm³/mol. The predicted octanol–water partition coefficient (Wildman–Crippen LogP) is 4.21. The van der Waals surface area contributed by atoms with E-state index in [1.165, 1.54) is 12.0 Å². The lowest BCUT2D eigenvalue weighted by atomic mass is 9.94. The van der Waals surface area contributed by atoms with Crippen molar-refractivity contribution in [2.45, 2.75) is 17.7 Å². The molecule has 1 aromatic rings. The molecular weight excluding hydrogens is 303 g/mol. The Morgan fingerprint density at radius 1 is 1.53 bits per heavy atom. The van der Waals surface area contributed by atoms with Gasteiger partial charge in [-0.3, -0.25) is 0 Å². The summed E-state index contributed by atoms with van der Waals surface area (Å²) in [7, 11) is 1.63. The van der Waals surface area contributed by atoms with Crippen molar-refractivity contribution in [3.8, 4) is 5.75 Å². The Bertz CT molecular complexity index is 378. The molecule has 0 spiro atoms. The molecule has 0 aliphatic carbocycles. The van der Waals surface area contributed by atoms with E-state index in [9.17, 15) is 0 Å². The molecule has 1 heterocycles. The number of rotatable bonds is 3. The zero-order valence-electron chi connectivity index (χ0n) is 9.79. The molecular formula is C13H16BrClO2. The first-order valence-corrected chi connectivity index (χ1v) is 7.07. The molecule has 4 heteroatoms. The van der Waals surface area contributed by atoms with Crippen LogP contribution in [-0.4, -0.2) is 20.3 Å². The molecule has 0 N–H and O–H groups in total. The zero-order valence-corrected chi connectivity index (χ0v) is 12.1. The topological polar surface area (TPSA) is 18.5 Å². The van der Waals surface area contributed by atoms with Crippen molar-refractivity contribution in [2.24, 2.45) is 5.92 Å². The van der Waals surface area contributed by atoms with Crippen LogP contribution in [0.25, 0.3) is 0 Å². The molecule has 2 rings (SSSR count). The van der Waals surface area contributed by atoms with Crippen LogP contribution in [0.15, 0.2) is 18.2 Å². The van der Waals surface area contributed by atoms with E-state index >= 15 is 0 Å². The number of benzene rings is 1. The summed E-state index contributed by atoms with van der Waals surface area (Å²) in [5.41, 5.74) is 1.19. The second-order valence-electron chi connectivity index (χ2n) is 4.27. The SMILES string of the molecule is COc1ccc(C(Br)C2CCCOC2)cc1Cl. The van der Waals surface area contributed by atoms with Gasteiger partial charge in [-0.05, 0) is 36.5 Å². The molecule has 2 atom stereocenters. The van der Waals surface area contributed by atoms with Gasteiger partial charge in [0.15, 0.2) is 0 Å². The summed E-state index contributed by atoms with van der Waals surface area (Å²) in [6, 6.07) is 5.93. The molecule has 1 aromatic carbocycles. The molecule has 1 saturated heterocycles. The molecule has 0 radical (unpaired) electrons. The minimum atomic E-state index is 0.297. The Balaban J connectivity index is 2.12. The van der Waals surface area contributed by atoms with E-state index in [4.69, 9.17) is 21.1 Å². The minimum absolute atomic E-state index is 0.297. The van der Waals surface area contributed by atoms with Crippen LogP contribution in [0, 0.1) is 5.92 Å². The van der Waals surface area contributed by atoms with Crippen LogP contribution < -0.4 is 4.74 Å². The molecule has 1 aliphatic rings. The first kappa shape index (κ1) is 13.2. The summed E-state index contributed by atoms with van der Waals surface area (Å²) in [5, 5.41) is 0.658. The number of ether oxygens (including phenoxy) is 2. The van der Waals surface area contributed by atoms with Gasteiger partial charge in [0, 0.05) is 11.4 Å². The van der Waals surface area contributed by atoms with Crippen LogP contribution in [0.5, 0.6) is 5.75 Å². The molecule has 0 amide bonds. The number of methoxy groups -OCH3 is 1. The van der Waals surface area contributed by atoms with Crippen molar-refractivity contribution >= 4 is 27.5 Å². The molecule has 2 unspecified atom stereocenters. The fourth-order valence-corrected chi connectivity index (χ4v) is 3.09. The summed E-state index contributed by atoms with van der Waals surface area (Å²) in [4.78, 5) is 0.297. The van der Waals surface area contributed by atoms with E-state index in [2.05, 4.69) is 22.0 Å². The average Bonchev–Trinajstić information content (AvgIpc) is 2.39. The molecule has 1 aliphatic heterocycles. The van der Waals surface area contributed by atoms with Crippen molar-refractivity contribution in [3.63, 3.8) is 0 Å². The lowest BCUT2D eigenvalue weighted by molar-refractivity contribution is 0.0546. The number of alkyl halides is 1. The third-order valence-corrected chi connectivity index (χ3v) is 4.68. The standard InChI is InChI=1S/C13H16BrClO2/c1-16-12-5-4-9(7-11(12)15)13(14)10-3-2-6-17-8-10/h4-5,7,10,13H,2-3,6,8H2,1H3. The van der Waals surface area contributed by atoms with E-state index in [1.54, 1.807) is 7.11 Å². The van der Waals surface area contributed by atoms with Gasteiger partial charge in [-0.15, -0.1) is 0 Å². The van der Waals surface area contributed by atoms with Crippen LogP contribution in [0.4, 0.5) is 0 Å². The molecule has 0 saturated carbocycles. The van der Waals surface area contributed by atoms with Gasteiger partial charge in [-0.2, -0.15) is 0 Å². The first-order valence-electron chi connectivity index (χ1n) is 5.77. The van der Waals surface area contributed by atoms with Crippen molar-refractivity contribution in [3.05, 3.63) is 28.8 Å². The number of hydrogen-bond donors (Lipinski definition) is 0. The monoisotopic (exact) mass is 318 g/mol. The van der Waals surface area contributed by atoms with Gasteiger partial charge >= 0.3 is 0 Å². The molecule has 0 aromatic heterocycles. The van der Waals surface area contributed by atoms with E-state index < -0.39 is 0 Å². The molecule has 0 bridgehead atoms. The molecule has 1 fully saturated rings. The maximum atomic E-state index is 6.14.